The molecule has 0 aromatic rings. The Kier molecular flexibility index (Phi) is 5.64. The molecule has 0 unspecified atom stereocenters. The average Bonchev–Trinajstić information content (AvgIpc) is 3.12. The van der Waals surface area contributed by atoms with Gasteiger partial charge in [0.2, 0.25) is 5.91 Å². The van der Waals surface area contributed by atoms with Crippen LogP contribution in [0.1, 0.15) is 26.2 Å². The van der Waals surface area contributed by atoms with Crippen molar-refractivity contribution in [3.8, 4) is 0 Å². The highest BCUT2D eigenvalue weighted by atomic mass is 16.5. The fourth-order valence-corrected chi connectivity index (χ4v) is 3.46. The zero-order valence-electron chi connectivity index (χ0n) is 14.4. The van der Waals surface area contributed by atoms with Crippen molar-refractivity contribution in [2.45, 2.75) is 37.8 Å². The summed E-state index contributed by atoms with van der Waals surface area (Å²) in [7, 11) is 2.85. The quantitative estimate of drug-likeness (QED) is 0.546. The summed E-state index contributed by atoms with van der Waals surface area (Å²) in [6, 6.07) is 0. The number of nitrogens with one attached hydrogen (secondary N) is 1. The van der Waals surface area contributed by atoms with E-state index in [2.05, 4.69) is 11.9 Å². The summed E-state index contributed by atoms with van der Waals surface area (Å²) in [5.41, 5.74) is -1.05. The Bertz CT molecular complexity index is 533. The molecule has 2 fully saturated rings. The second kappa shape index (κ2) is 7.34. The summed E-state index contributed by atoms with van der Waals surface area (Å²) in [6.45, 7) is 5.64. The predicted octanol–water partition coefficient (Wildman–Crippen LogP) is 0.825. The van der Waals surface area contributed by atoms with Gasteiger partial charge < -0.3 is 19.5 Å². The highest BCUT2D eigenvalue weighted by Crippen LogP contribution is 2.46. The lowest BCUT2D eigenvalue weighted by Crippen LogP contribution is -2.49. The van der Waals surface area contributed by atoms with Crippen molar-refractivity contribution < 1.29 is 28.6 Å². The number of carbonyl (C=O) groups excluding carboxylic acids is 3. The number of amides is 1. The van der Waals surface area contributed by atoms with Crippen molar-refractivity contribution in [3.63, 3.8) is 0 Å². The number of esters is 2. The Balaban J connectivity index is 2.13. The van der Waals surface area contributed by atoms with Crippen LogP contribution < -0.4 is 5.32 Å². The maximum atomic E-state index is 12.7. The minimum Gasteiger partial charge on any atom is -0.469 e. The van der Waals surface area contributed by atoms with Crippen LogP contribution in [0.5, 0.6) is 0 Å². The molecule has 0 aliphatic heterocycles. The van der Waals surface area contributed by atoms with E-state index < -0.39 is 29.3 Å². The number of carbonyl (C=O) groups is 3. The number of rotatable bonds is 7. The minimum atomic E-state index is -1.05. The molecule has 2 aliphatic rings. The number of hydrogen-bond donors (Lipinski definition) is 1. The van der Waals surface area contributed by atoms with E-state index in [9.17, 15) is 14.4 Å². The molecule has 0 bridgehead atoms. The van der Waals surface area contributed by atoms with Gasteiger partial charge in [-0.15, -0.1) is 6.58 Å². The molecule has 2 saturated carbocycles. The molecule has 134 valence electrons. The molecule has 1 N–H and O–H groups in total. The molecule has 0 heterocycles. The molecule has 0 saturated heterocycles. The molecule has 0 radical (unpaired) electrons. The summed E-state index contributed by atoms with van der Waals surface area (Å²) in [6.07, 6.45) is 2.77. The molecule has 2 rings (SSSR count). The fourth-order valence-electron chi connectivity index (χ4n) is 3.46. The fraction of sp³-hybridized carbons (Fsp3) is 0.706. The van der Waals surface area contributed by atoms with Gasteiger partial charge in [0.1, 0.15) is 5.54 Å². The van der Waals surface area contributed by atoms with Crippen molar-refractivity contribution in [1.82, 2.24) is 5.32 Å². The van der Waals surface area contributed by atoms with E-state index in [1.807, 2.05) is 0 Å². The van der Waals surface area contributed by atoms with Crippen LogP contribution in [0.2, 0.25) is 0 Å². The van der Waals surface area contributed by atoms with Gasteiger partial charge in [-0.3, -0.25) is 9.59 Å². The van der Waals surface area contributed by atoms with E-state index in [1.165, 1.54) is 7.11 Å². The van der Waals surface area contributed by atoms with Crippen LogP contribution in [-0.4, -0.2) is 50.3 Å². The van der Waals surface area contributed by atoms with Crippen LogP contribution in [0.4, 0.5) is 0 Å². The molecule has 0 aromatic heterocycles. The lowest BCUT2D eigenvalue weighted by atomic mass is 9.94. The van der Waals surface area contributed by atoms with E-state index in [4.69, 9.17) is 14.2 Å². The van der Waals surface area contributed by atoms with Gasteiger partial charge >= 0.3 is 11.9 Å². The van der Waals surface area contributed by atoms with E-state index in [0.717, 1.165) is 0 Å². The summed E-state index contributed by atoms with van der Waals surface area (Å²) < 4.78 is 15.2. The van der Waals surface area contributed by atoms with Crippen molar-refractivity contribution in [2.75, 3.05) is 20.8 Å². The van der Waals surface area contributed by atoms with E-state index in [1.54, 1.807) is 20.1 Å². The first kappa shape index (κ1) is 18.4. The Morgan fingerprint density at radius 1 is 1.25 bits per heavy atom. The highest BCUT2D eigenvalue weighted by Gasteiger charge is 2.62. The van der Waals surface area contributed by atoms with E-state index in [0.29, 0.717) is 19.3 Å². The molecule has 7 nitrogen and oxygen atoms in total. The predicted molar refractivity (Wildman–Crippen MR) is 84.8 cm³/mol. The van der Waals surface area contributed by atoms with E-state index in [-0.39, 0.29) is 24.5 Å². The van der Waals surface area contributed by atoms with Crippen molar-refractivity contribution in [2.24, 2.45) is 17.8 Å². The smallest absolute Gasteiger partial charge is 0.332 e. The molecule has 1 amide bonds. The highest BCUT2D eigenvalue weighted by molar-refractivity contribution is 5.94. The van der Waals surface area contributed by atoms with Crippen LogP contribution in [0, 0.1) is 17.8 Å². The maximum absolute atomic E-state index is 12.7. The first-order valence-corrected chi connectivity index (χ1v) is 8.15. The second-order valence-electron chi connectivity index (χ2n) is 6.29. The first-order valence-electron chi connectivity index (χ1n) is 8.15. The Morgan fingerprint density at radius 3 is 2.42 bits per heavy atom. The third kappa shape index (κ3) is 3.31. The summed E-state index contributed by atoms with van der Waals surface area (Å²) in [5, 5.41) is 2.80. The maximum Gasteiger partial charge on any atom is 0.332 e. The average molecular weight is 339 g/mol. The zero-order chi connectivity index (χ0) is 17.9. The molecule has 0 spiro atoms. The Labute approximate surface area is 141 Å². The van der Waals surface area contributed by atoms with Crippen LogP contribution in [0.25, 0.3) is 0 Å². The monoisotopic (exact) mass is 339 g/mol. The van der Waals surface area contributed by atoms with Crippen LogP contribution in [0.3, 0.4) is 0 Å². The van der Waals surface area contributed by atoms with Crippen molar-refractivity contribution in [3.05, 3.63) is 12.7 Å². The minimum absolute atomic E-state index is 0.156. The lowest BCUT2D eigenvalue weighted by molar-refractivity contribution is -0.151. The van der Waals surface area contributed by atoms with Gasteiger partial charge in [-0.25, -0.2) is 4.79 Å². The molecule has 24 heavy (non-hydrogen) atoms. The molecular formula is C17H25NO6. The second-order valence-corrected chi connectivity index (χ2v) is 6.29. The van der Waals surface area contributed by atoms with Crippen LogP contribution in [-0.2, 0) is 28.6 Å². The summed E-state index contributed by atoms with van der Waals surface area (Å²) in [4.78, 5) is 36.9. The Morgan fingerprint density at radius 2 is 1.92 bits per heavy atom. The zero-order valence-corrected chi connectivity index (χ0v) is 14.4. The molecule has 2 aliphatic carbocycles. The normalized spacial score (nSPS) is 34.3. The SMILES string of the molecule is C=C[C@@H]1C[C@]1(NC(=O)[C@@H]1C[C@@H](OC)C[C@H]1C(=O)OC)C(=O)OCC. The van der Waals surface area contributed by atoms with Crippen LogP contribution >= 0.6 is 0 Å². The molecule has 5 atom stereocenters. The van der Waals surface area contributed by atoms with Crippen molar-refractivity contribution >= 4 is 17.8 Å². The number of hydrogen-bond acceptors (Lipinski definition) is 6. The van der Waals surface area contributed by atoms with Gasteiger partial charge in [-0.2, -0.15) is 0 Å². The van der Waals surface area contributed by atoms with Crippen molar-refractivity contribution in [1.29, 1.82) is 0 Å². The summed E-state index contributed by atoms with van der Waals surface area (Å²) in [5.74, 6) is -2.55. The third-order valence-electron chi connectivity index (χ3n) is 4.98. The van der Waals surface area contributed by atoms with Gasteiger partial charge in [0.25, 0.3) is 0 Å². The molecule has 7 heteroatoms. The first-order chi connectivity index (χ1) is 11.4. The molecular weight excluding hydrogens is 314 g/mol. The Hall–Kier alpha value is -1.89. The van der Waals surface area contributed by atoms with Gasteiger partial charge in [-0.1, -0.05) is 6.08 Å². The number of ether oxygens (including phenoxy) is 3. The molecule has 0 aromatic carbocycles. The third-order valence-corrected chi connectivity index (χ3v) is 4.98. The standard InChI is InChI=1S/C17H25NO6/c1-5-10-9-17(10,16(21)24-6-2)18-14(19)12-7-11(22-3)8-13(12)15(20)23-4/h5,10-13H,1,6-9H2,2-4H3,(H,18,19)/t10-,11-,12-,13-,17-/m1/s1. The lowest BCUT2D eigenvalue weighted by Gasteiger charge is -2.22. The van der Waals surface area contributed by atoms with E-state index >= 15 is 0 Å². The van der Waals surface area contributed by atoms with Gasteiger partial charge in [0, 0.05) is 13.0 Å². The van der Waals surface area contributed by atoms with Gasteiger partial charge in [0.05, 0.1) is 31.7 Å². The topological polar surface area (TPSA) is 90.9 Å². The summed E-state index contributed by atoms with van der Waals surface area (Å²) >= 11 is 0. The van der Waals surface area contributed by atoms with Gasteiger partial charge in [0.15, 0.2) is 0 Å². The van der Waals surface area contributed by atoms with Crippen LogP contribution in [0.15, 0.2) is 12.7 Å². The van der Waals surface area contributed by atoms with Gasteiger partial charge in [-0.05, 0) is 26.2 Å². The largest absolute Gasteiger partial charge is 0.469 e. The number of methoxy groups -OCH3 is 2.